The van der Waals surface area contributed by atoms with Gasteiger partial charge in [-0.15, -0.1) is 0 Å². The zero-order valence-electron chi connectivity index (χ0n) is 16.9. The van der Waals surface area contributed by atoms with Crippen molar-refractivity contribution in [3.8, 4) is 0 Å². The number of hydrogen-bond acceptors (Lipinski definition) is 3. The first-order valence-electron chi connectivity index (χ1n) is 10.5. The first kappa shape index (κ1) is 19.4. The molecule has 5 heteroatoms. The molecule has 1 atom stereocenters. The van der Waals surface area contributed by atoms with Crippen molar-refractivity contribution >= 4 is 5.91 Å². The van der Waals surface area contributed by atoms with Crippen LogP contribution in [0.4, 0.5) is 0 Å². The Balaban J connectivity index is 1.40. The van der Waals surface area contributed by atoms with Crippen LogP contribution in [0.2, 0.25) is 0 Å². The first-order valence-corrected chi connectivity index (χ1v) is 10.5. The average molecular weight is 389 g/mol. The summed E-state index contributed by atoms with van der Waals surface area (Å²) < 4.78 is 2.23. The van der Waals surface area contributed by atoms with E-state index in [0.29, 0.717) is 5.92 Å². The zero-order chi connectivity index (χ0) is 20.1. The quantitative estimate of drug-likeness (QED) is 0.635. The van der Waals surface area contributed by atoms with Gasteiger partial charge < -0.3 is 9.47 Å². The van der Waals surface area contributed by atoms with Crippen LogP contribution in [0, 0.1) is 0 Å². The van der Waals surface area contributed by atoms with E-state index in [1.165, 1.54) is 5.56 Å². The van der Waals surface area contributed by atoms with E-state index in [-0.39, 0.29) is 11.8 Å². The molecule has 1 fully saturated rings. The number of amides is 1. The molecule has 0 bridgehead atoms. The third-order valence-corrected chi connectivity index (χ3v) is 5.93. The van der Waals surface area contributed by atoms with E-state index in [9.17, 15) is 4.79 Å². The molecule has 4 rings (SSSR count). The second kappa shape index (κ2) is 9.03. The number of likely N-dealkylation sites (tertiary alicyclic amines) is 1. The zero-order valence-corrected chi connectivity index (χ0v) is 16.9. The van der Waals surface area contributed by atoms with Crippen molar-refractivity contribution in [3.63, 3.8) is 0 Å². The molecule has 0 radical (unpaired) electrons. The molecule has 0 N–H and O–H groups in total. The number of piperidine rings is 1. The molecule has 0 unspecified atom stereocenters. The van der Waals surface area contributed by atoms with E-state index in [1.54, 1.807) is 0 Å². The minimum absolute atomic E-state index is 0.0403. The van der Waals surface area contributed by atoms with Gasteiger partial charge in [-0.25, -0.2) is 4.98 Å². The highest BCUT2D eigenvalue weighted by atomic mass is 16.2. The number of carbonyl (C=O) groups excluding carboxylic acids is 1. The Labute approximate surface area is 172 Å². The maximum absolute atomic E-state index is 13.1. The normalized spacial score (nSPS) is 16.0. The fourth-order valence-corrected chi connectivity index (χ4v) is 4.32. The van der Waals surface area contributed by atoms with Gasteiger partial charge in [-0.1, -0.05) is 37.3 Å². The topological polar surface area (TPSA) is 51.0 Å². The van der Waals surface area contributed by atoms with Crippen molar-refractivity contribution < 1.29 is 4.79 Å². The summed E-state index contributed by atoms with van der Waals surface area (Å²) in [6.45, 7) is 4.51. The highest BCUT2D eigenvalue weighted by molar-refractivity contribution is 5.83. The molecule has 1 aliphatic heterocycles. The van der Waals surface area contributed by atoms with Crippen molar-refractivity contribution in [1.82, 2.24) is 19.4 Å². The predicted octanol–water partition coefficient (Wildman–Crippen LogP) is 4.23. The lowest BCUT2D eigenvalue weighted by atomic mass is 9.91. The Bertz CT molecular complexity index is 914. The maximum Gasteiger partial charge on any atom is 0.230 e. The average Bonchev–Trinajstić information content (AvgIpc) is 3.24. The molecule has 1 saturated heterocycles. The summed E-state index contributed by atoms with van der Waals surface area (Å²) in [4.78, 5) is 23.9. The lowest BCUT2D eigenvalue weighted by Gasteiger charge is -2.34. The summed E-state index contributed by atoms with van der Waals surface area (Å²) >= 11 is 0. The van der Waals surface area contributed by atoms with Gasteiger partial charge in [-0.2, -0.15) is 0 Å². The van der Waals surface area contributed by atoms with E-state index >= 15 is 0 Å². The predicted molar refractivity (Wildman–Crippen MR) is 114 cm³/mol. The number of benzene rings is 1. The van der Waals surface area contributed by atoms with Crippen LogP contribution < -0.4 is 0 Å². The van der Waals surface area contributed by atoms with Crippen LogP contribution in [0.25, 0.3) is 0 Å². The maximum atomic E-state index is 13.1. The van der Waals surface area contributed by atoms with Crippen molar-refractivity contribution in [1.29, 1.82) is 0 Å². The smallest absolute Gasteiger partial charge is 0.230 e. The van der Waals surface area contributed by atoms with E-state index in [0.717, 1.165) is 50.3 Å². The Morgan fingerprint density at radius 1 is 1.07 bits per heavy atom. The van der Waals surface area contributed by atoms with Crippen molar-refractivity contribution in [2.24, 2.45) is 0 Å². The third-order valence-electron chi connectivity index (χ3n) is 5.93. The molecule has 0 aliphatic carbocycles. The molecule has 0 saturated carbocycles. The van der Waals surface area contributed by atoms with Gasteiger partial charge in [0, 0.05) is 50.3 Å². The van der Waals surface area contributed by atoms with Gasteiger partial charge in [0.2, 0.25) is 5.91 Å². The van der Waals surface area contributed by atoms with E-state index < -0.39 is 0 Å². The number of aromatic nitrogens is 3. The minimum atomic E-state index is -0.0403. The van der Waals surface area contributed by atoms with Crippen molar-refractivity contribution in [3.05, 3.63) is 84.2 Å². The third kappa shape index (κ3) is 4.39. The molecule has 1 aromatic carbocycles. The van der Waals surface area contributed by atoms with Gasteiger partial charge in [0.15, 0.2) is 0 Å². The first-order chi connectivity index (χ1) is 14.3. The Morgan fingerprint density at radius 3 is 2.48 bits per heavy atom. The van der Waals surface area contributed by atoms with Crippen LogP contribution in [0.1, 0.15) is 55.0 Å². The molecule has 1 aliphatic rings. The van der Waals surface area contributed by atoms with Crippen LogP contribution in [-0.4, -0.2) is 38.4 Å². The van der Waals surface area contributed by atoms with E-state index in [1.807, 2.05) is 53.8 Å². The summed E-state index contributed by atoms with van der Waals surface area (Å²) in [5.41, 5.74) is 2.34. The summed E-state index contributed by atoms with van der Waals surface area (Å²) in [7, 11) is 0. The molecular weight excluding hydrogens is 360 g/mol. The van der Waals surface area contributed by atoms with Gasteiger partial charge >= 0.3 is 0 Å². The van der Waals surface area contributed by atoms with E-state index in [4.69, 9.17) is 0 Å². The monoisotopic (exact) mass is 388 g/mol. The van der Waals surface area contributed by atoms with Gasteiger partial charge in [0.05, 0.1) is 5.92 Å². The van der Waals surface area contributed by atoms with Gasteiger partial charge in [-0.3, -0.25) is 9.78 Å². The molecule has 1 amide bonds. The number of hydrogen-bond donors (Lipinski definition) is 0. The number of rotatable bonds is 6. The largest absolute Gasteiger partial charge is 0.342 e. The molecular formula is C24H28N4O. The SMILES string of the molecule is CC[C@@H](C(=O)N1CCC(c2nccn2Cc2ccncc2)CC1)c1ccccc1. The summed E-state index contributed by atoms with van der Waals surface area (Å²) in [5.74, 6) is 1.75. The molecule has 29 heavy (non-hydrogen) atoms. The standard InChI is InChI=1S/C24H28N4O/c1-2-22(20-6-4-3-5-7-20)24(29)27-15-10-21(11-16-27)23-26-14-17-28(23)18-19-8-12-25-13-9-19/h3-9,12-14,17,21-22H,2,10-11,15-16,18H2,1H3/t22-/m1/s1. The Morgan fingerprint density at radius 2 is 1.79 bits per heavy atom. The summed E-state index contributed by atoms with van der Waals surface area (Å²) in [6.07, 6.45) is 10.3. The molecule has 3 heterocycles. The van der Waals surface area contributed by atoms with Gasteiger partial charge in [-0.05, 0) is 42.5 Å². The minimum Gasteiger partial charge on any atom is -0.342 e. The van der Waals surface area contributed by atoms with Gasteiger partial charge in [0.25, 0.3) is 0 Å². The highest BCUT2D eigenvalue weighted by Crippen LogP contribution is 2.30. The molecule has 0 spiro atoms. The summed E-state index contributed by atoms with van der Waals surface area (Å²) in [5, 5.41) is 0. The fraction of sp³-hybridized carbons (Fsp3) is 0.375. The van der Waals surface area contributed by atoms with Crippen LogP contribution >= 0.6 is 0 Å². The molecule has 5 nitrogen and oxygen atoms in total. The highest BCUT2D eigenvalue weighted by Gasteiger charge is 2.30. The van der Waals surface area contributed by atoms with Crippen LogP contribution in [-0.2, 0) is 11.3 Å². The Hall–Kier alpha value is -2.95. The number of pyridine rings is 1. The van der Waals surface area contributed by atoms with E-state index in [2.05, 4.69) is 39.8 Å². The fourth-order valence-electron chi connectivity index (χ4n) is 4.32. The second-order valence-electron chi connectivity index (χ2n) is 7.74. The molecule has 3 aromatic rings. The number of carbonyl (C=O) groups is 1. The van der Waals surface area contributed by atoms with Crippen LogP contribution in [0.5, 0.6) is 0 Å². The van der Waals surface area contributed by atoms with Crippen LogP contribution in [0.15, 0.2) is 67.3 Å². The second-order valence-corrected chi connectivity index (χ2v) is 7.74. The lowest BCUT2D eigenvalue weighted by molar-refractivity contribution is -0.134. The summed E-state index contributed by atoms with van der Waals surface area (Å²) in [6, 6.07) is 14.2. The van der Waals surface area contributed by atoms with Crippen LogP contribution in [0.3, 0.4) is 0 Å². The number of nitrogens with zero attached hydrogens (tertiary/aromatic N) is 4. The molecule has 150 valence electrons. The van der Waals surface area contributed by atoms with Crippen molar-refractivity contribution in [2.45, 2.75) is 44.6 Å². The number of imidazole rings is 1. The van der Waals surface area contributed by atoms with Gasteiger partial charge in [0.1, 0.15) is 5.82 Å². The lowest BCUT2D eigenvalue weighted by Crippen LogP contribution is -2.41. The molecule has 2 aromatic heterocycles. The van der Waals surface area contributed by atoms with Crippen molar-refractivity contribution in [2.75, 3.05) is 13.1 Å². The Kier molecular flexibility index (Phi) is 6.03.